The van der Waals surface area contributed by atoms with Crippen LogP contribution in [0.15, 0.2) is 73.8 Å². The van der Waals surface area contributed by atoms with Crippen molar-refractivity contribution in [3.63, 3.8) is 0 Å². The number of ether oxygens (including phenoxy) is 3. The maximum Gasteiger partial charge on any atom is 0.310 e. The molecule has 2 aromatic rings. The SMILES string of the molecule is C=CC1CC(C=C)C(C(=O)OCCOc2ccc(-c3ccc(C#N)cc3)cc2)C1C(=O)OC. The Bertz CT molecular complexity index is 1040. The van der Waals surface area contributed by atoms with Crippen molar-refractivity contribution in [3.05, 3.63) is 79.4 Å². The van der Waals surface area contributed by atoms with E-state index >= 15 is 0 Å². The minimum Gasteiger partial charge on any atom is -0.490 e. The van der Waals surface area contributed by atoms with Gasteiger partial charge in [0.15, 0.2) is 0 Å². The van der Waals surface area contributed by atoms with E-state index in [1.807, 2.05) is 36.4 Å². The number of methoxy groups -OCH3 is 1. The van der Waals surface area contributed by atoms with E-state index in [9.17, 15) is 9.59 Å². The zero-order valence-electron chi connectivity index (χ0n) is 18.6. The molecule has 0 bridgehead atoms. The van der Waals surface area contributed by atoms with Crippen LogP contribution >= 0.6 is 0 Å². The first-order valence-corrected chi connectivity index (χ1v) is 10.7. The molecule has 1 aliphatic carbocycles. The number of esters is 2. The first kappa shape index (κ1) is 23.8. The van der Waals surface area contributed by atoms with Gasteiger partial charge in [0.2, 0.25) is 0 Å². The largest absolute Gasteiger partial charge is 0.490 e. The van der Waals surface area contributed by atoms with E-state index in [1.54, 1.807) is 24.3 Å². The first-order valence-electron chi connectivity index (χ1n) is 10.7. The molecular formula is C27H27NO5. The Balaban J connectivity index is 1.53. The highest BCUT2D eigenvalue weighted by Gasteiger charge is 2.49. The molecule has 1 fully saturated rings. The van der Waals surface area contributed by atoms with Crippen LogP contribution in [0.3, 0.4) is 0 Å². The molecule has 1 saturated carbocycles. The van der Waals surface area contributed by atoms with Crippen LogP contribution in [0.2, 0.25) is 0 Å². The molecule has 33 heavy (non-hydrogen) atoms. The Hall–Kier alpha value is -3.85. The van der Waals surface area contributed by atoms with Crippen molar-refractivity contribution in [3.8, 4) is 22.9 Å². The van der Waals surface area contributed by atoms with Gasteiger partial charge in [-0.15, -0.1) is 13.2 Å². The normalized spacial score (nSPS) is 21.5. The highest BCUT2D eigenvalue weighted by atomic mass is 16.6. The molecule has 1 aliphatic rings. The molecule has 0 amide bonds. The van der Waals surface area contributed by atoms with Crippen LogP contribution < -0.4 is 4.74 Å². The lowest BCUT2D eigenvalue weighted by Crippen LogP contribution is -2.34. The van der Waals surface area contributed by atoms with Crippen molar-refractivity contribution in [1.82, 2.24) is 0 Å². The summed E-state index contributed by atoms with van der Waals surface area (Å²) in [5.41, 5.74) is 2.62. The average molecular weight is 446 g/mol. The highest BCUT2D eigenvalue weighted by Crippen LogP contribution is 2.44. The highest BCUT2D eigenvalue weighted by molar-refractivity contribution is 5.84. The van der Waals surface area contributed by atoms with E-state index in [1.165, 1.54) is 7.11 Å². The molecule has 0 spiro atoms. The molecule has 3 rings (SSSR count). The third-order valence-corrected chi connectivity index (χ3v) is 6.00. The van der Waals surface area contributed by atoms with Crippen molar-refractivity contribution in [2.24, 2.45) is 23.7 Å². The molecular weight excluding hydrogens is 418 g/mol. The molecule has 0 heterocycles. The standard InChI is InChI=1S/C27H27NO5/c1-4-19-16-20(5-2)25(24(19)26(29)31-3)27(30)33-15-14-32-23-12-10-22(11-13-23)21-8-6-18(17-28)7-9-21/h4-13,19-20,24-25H,1-2,14-16H2,3H3. The molecule has 4 unspecified atom stereocenters. The Morgan fingerprint density at radius 3 is 2.00 bits per heavy atom. The molecule has 0 saturated heterocycles. The molecule has 6 heteroatoms. The summed E-state index contributed by atoms with van der Waals surface area (Å²) in [6, 6.07) is 17.0. The summed E-state index contributed by atoms with van der Waals surface area (Å²) in [5, 5.41) is 8.90. The summed E-state index contributed by atoms with van der Waals surface area (Å²) >= 11 is 0. The van der Waals surface area contributed by atoms with Gasteiger partial charge in [0, 0.05) is 0 Å². The Labute approximate surface area is 194 Å². The van der Waals surface area contributed by atoms with Gasteiger partial charge in [0.25, 0.3) is 0 Å². The van der Waals surface area contributed by atoms with Crippen molar-refractivity contribution in [2.45, 2.75) is 6.42 Å². The average Bonchev–Trinajstić information content (AvgIpc) is 3.25. The minimum absolute atomic E-state index is 0.0587. The third kappa shape index (κ3) is 5.50. The number of benzene rings is 2. The maximum absolute atomic E-state index is 12.8. The van der Waals surface area contributed by atoms with Crippen molar-refractivity contribution in [1.29, 1.82) is 5.26 Å². The van der Waals surface area contributed by atoms with E-state index in [0.717, 1.165) is 11.1 Å². The lowest BCUT2D eigenvalue weighted by atomic mass is 9.87. The lowest BCUT2D eigenvalue weighted by Gasteiger charge is -2.21. The fourth-order valence-electron chi connectivity index (χ4n) is 4.28. The number of nitriles is 1. The third-order valence-electron chi connectivity index (χ3n) is 6.00. The second kappa shape index (κ2) is 11.1. The Morgan fingerprint density at radius 1 is 0.939 bits per heavy atom. The minimum atomic E-state index is -0.648. The number of hydrogen-bond donors (Lipinski definition) is 0. The van der Waals surface area contributed by atoms with Gasteiger partial charge in [0.1, 0.15) is 19.0 Å². The van der Waals surface area contributed by atoms with Gasteiger partial charge in [-0.3, -0.25) is 9.59 Å². The number of carbonyl (C=O) groups excluding carboxylic acids is 2. The second-order valence-corrected chi connectivity index (χ2v) is 7.84. The fraction of sp³-hybridized carbons (Fsp3) is 0.296. The molecule has 0 radical (unpaired) electrons. The van der Waals surface area contributed by atoms with Crippen molar-refractivity contribution >= 4 is 11.9 Å². The Morgan fingerprint density at radius 2 is 1.48 bits per heavy atom. The molecule has 170 valence electrons. The summed E-state index contributed by atoms with van der Waals surface area (Å²) in [4.78, 5) is 25.1. The molecule has 0 N–H and O–H groups in total. The van der Waals surface area contributed by atoms with Crippen molar-refractivity contribution in [2.75, 3.05) is 20.3 Å². The Kier molecular flexibility index (Phi) is 8.04. The monoisotopic (exact) mass is 445 g/mol. The molecule has 4 atom stereocenters. The summed E-state index contributed by atoms with van der Waals surface area (Å²) in [6.07, 6.45) is 3.99. The van der Waals surface area contributed by atoms with Crippen molar-refractivity contribution < 1.29 is 23.8 Å². The molecule has 6 nitrogen and oxygen atoms in total. The molecule has 2 aromatic carbocycles. The van der Waals surface area contributed by atoms with Gasteiger partial charge in [0.05, 0.1) is 30.6 Å². The van der Waals surface area contributed by atoms with Gasteiger partial charge >= 0.3 is 11.9 Å². The predicted molar refractivity (Wildman–Crippen MR) is 124 cm³/mol. The van der Waals surface area contributed by atoms with Gasteiger partial charge in [-0.05, 0) is 53.6 Å². The smallest absolute Gasteiger partial charge is 0.310 e. The van der Waals surface area contributed by atoms with Crippen LogP contribution in [0.4, 0.5) is 0 Å². The quantitative estimate of drug-likeness (QED) is 0.320. The van der Waals surface area contributed by atoms with Crippen LogP contribution in [0, 0.1) is 35.0 Å². The van der Waals surface area contributed by atoms with Gasteiger partial charge in [-0.25, -0.2) is 0 Å². The summed E-state index contributed by atoms with van der Waals surface area (Å²) in [6.45, 7) is 7.83. The van der Waals surface area contributed by atoms with Crippen LogP contribution in [0.25, 0.3) is 11.1 Å². The second-order valence-electron chi connectivity index (χ2n) is 7.84. The zero-order valence-corrected chi connectivity index (χ0v) is 18.6. The number of nitrogens with zero attached hydrogens (tertiary/aromatic N) is 1. The first-order chi connectivity index (χ1) is 16.0. The number of hydrogen-bond acceptors (Lipinski definition) is 6. The van der Waals surface area contributed by atoms with Gasteiger partial charge in [-0.2, -0.15) is 5.26 Å². The van der Waals surface area contributed by atoms with E-state index in [0.29, 0.717) is 17.7 Å². The number of rotatable bonds is 9. The molecule has 0 aliphatic heterocycles. The van der Waals surface area contributed by atoms with E-state index in [2.05, 4.69) is 19.2 Å². The topological polar surface area (TPSA) is 85.6 Å². The van der Waals surface area contributed by atoms with E-state index < -0.39 is 23.8 Å². The van der Waals surface area contributed by atoms with Gasteiger partial charge < -0.3 is 14.2 Å². The van der Waals surface area contributed by atoms with Crippen LogP contribution in [0.1, 0.15) is 12.0 Å². The zero-order chi connectivity index (χ0) is 23.8. The fourth-order valence-corrected chi connectivity index (χ4v) is 4.28. The summed E-state index contributed by atoms with van der Waals surface area (Å²) in [7, 11) is 1.31. The maximum atomic E-state index is 12.8. The van der Waals surface area contributed by atoms with Gasteiger partial charge in [-0.1, -0.05) is 36.4 Å². The number of allylic oxidation sites excluding steroid dienone is 2. The van der Waals surface area contributed by atoms with E-state index in [-0.39, 0.29) is 25.0 Å². The predicted octanol–water partition coefficient (Wildman–Crippen LogP) is 4.56. The van der Waals surface area contributed by atoms with Crippen LogP contribution in [-0.2, 0) is 19.1 Å². The summed E-state index contributed by atoms with van der Waals surface area (Å²) in [5.74, 6) is -1.87. The lowest BCUT2D eigenvalue weighted by molar-refractivity contribution is -0.160. The van der Waals surface area contributed by atoms with E-state index in [4.69, 9.17) is 19.5 Å². The van der Waals surface area contributed by atoms with Crippen LogP contribution in [-0.4, -0.2) is 32.3 Å². The number of carbonyl (C=O) groups is 2. The summed E-state index contributed by atoms with van der Waals surface area (Å²) < 4.78 is 16.0. The molecule has 0 aromatic heterocycles. The van der Waals surface area contributed by atoms with Crippen LogP contribution in [0.5, 0.6) is 5.75 Å².